The number of pyridine rings is 1. The van der Waals surface area contributed by atoms with Gasteiger partial charge in [0.05, 0.1) is 45.8 Å². The van der Waals surface area contributed by atoms with Gasteiger partial charge in [0.25, 0.3) is 0 Å². The molecule has 43 heavy (non-hydrogen) atoms. The van der Waals surface area contributed by atoms with Crippen LogP contribution in [0.25, 0.3) is 10.9 Å². The lowest BCUT2D eigenvalue weighted by atomic mass is 9.98. The summed E-state index contributed by atoms with van der Waals surface area (Å²) < 4.78 is 2.63. The van der Waals surface area contributed by atoms with Gasteiger partial charge in [-0.15, -0.1) is 16.4 Å². The van der Waals surface area contributed by atoms with Crippen molar-refractivity contribution in [3.05, 3.63) is 92.5 Å². The summed E-state index contributed by atoms with van der Waals surface area (Å²) in [6.45, 7) is 8.87. The van der Waals surface area contributed by atoms with Gasteiger partial charge in [-0.2, -0.15) is 5.26 Å². The molecule has 2 aromatic carbocycles. The fourth-order valence-corrected chi connectivity index (χ4v) is 6.72. The number of rotatable bonds is 7. The number of anilines is 3. The van der Waals surface area contributed by atoms with Crippen LogP contribution >= 0.6 is 34.5 Å². The van der Waals surface area contributed by atoms with E-state index >= 15 is 0 Å². The molecule has 4 heterocycles. The first-order chi connectivity index (χ1) is 20.7. The third kappa shape index (κ3) is 6.20. The molecule has 1 aliphatic heterocycles. The average Bonchev–Trinajstić information content (AvgIpc) is 3.65. The van der Waals surface area contributed by atoms with Crippen molar-refractivity contribution in [3.63, 3.8) is 0 Å². The molecule has 1 saturated heterocycles. The van der Waals surface area contributed by atoms with E-state index in [1.807, 2.05) is 46.5 Å². The Morgan fingerprint density at radius 1 is 1.09 bits per heavy atom. The Bertz CT molecular complexity index is 1780. The number of aromatic nitrogens is 4. The number of nitrogens with one attached hydrogen (secondary N) is 2. The molecule has 0 unspecified atom stereocenters. The van der Waals surface area contributed by atoms with Gasteiger partial charge < -0.3 is 10.6 Å². The second kappa shape index (κ2) is 12.1. The van der Waals surface area contributed by atoms with Crippen molar-refractivity contribution in [2.24, 2.45) is 0 Å². The minimum atomic E-state index is -0.284. The SMILES string of the molecule is CC(C)(C)N1CCC(n2cc([C@@H](Nc3cc(Cl)c4ncc(C#N)c(Nc5ccsc5Cl)c4c3)c3ccccc3)nn2)CC1. The van der Waals surface area contributed by atoms with Crippen molar-refractivity contribution in [1.29, 1.82) is 5.26 Å². The Labute approximate surface area is 265 Å². The van der Waals surface area contributed by atoms with Gasteiger partial charge >= 0.3 is 0 Å². The molecule has 0 saturated carbocycles. The van der Waals surface area contributed by atoms with E-state index in [-0.39, 0.29) is 11.6 Å². The zero-order chi connectivity index (χ0) is 30.1. The topological polar surface area (TPSA) is 94.7 Å². The van der Waals surface area contributed by atoms with Crippen LogP contribution in [0.1, 0.15) is 62.5 Å². The first-order valence-electron chi connectivity index (χ1n) is 14.2. The van der Waals surface area contributed by atoms with E-state index in [1.165, 1.54) is 17.5 Å². The summed E-state index contributed by atoms with van der Waals surface area (Å²) in [6, 6.07) is 18.1. The van der Waals surface area contributed by atoms with Gasteiger partial charge in [0.1, 0.15) is 16.1 Å². The van der Waals surface area contributed by atoms with Gasteiger partial charge in [0.15, 0.2) is 0 Å². The Hall–Kier alpha value is -3.68. The van der Waals surface area contributed by atoms with Gasteiger partial charge in [-0.3, -0.25) is 9.88 Å². The lowest BCUT2D eigenvalue weighted by Gasteiger charge is -2.40. The van der Waals surface area contributed by atoms with E-state index in [0.717, 1.165) is 48.6 Å². The van der Waals surface area contributed by atoms with Gasteiger partial charge in [-0.1, -0.05) is 58.7 Å². The largest absolute Gasteiger partial charge is 0.373 e. The lowest BCUT2D eigenvalue weighted by Crippen LogP contribution is -2.46. The summed E-state index contributed by atoms with van der Waals surface area (Å²) >= 11 is 14.6. The van der Waals surface area contributed by atoms with Crippen molar-refractivity contribution in [2.75, 3.05) is 23.7 Å². The molecule has 2 N–H and O–H groups in total. The van der Waals surface area contributed by atoms with Crippen molar-refractivity contribution in [3.8, 4) is 6.07 Å². The summed E-state index contributed by atoms with van der Waals surface area (Å²) in [7, 11) is 0. The third-order valence-electron chi connectivity index (χ3n) is 7.98. The monoisotopic (exact) mass is 630 g/mol. The highest BCUT2D eigenvalue weighted by atomic mass is 35.5. The van der Waals surface area contributed by atoms with Gasteiger partial charge in [0.2, 0.25) is 0 Å². The van der Waals surface area contributed by atoms with Crippen LogP contribution in [0.4, 0.5) is 17.1 Å². The lowest BCUT2D eigenvalue weighted by molar-refractivity contribution is 0.0866. The Morgan fingerprint density at radius 3 is 2.53 bits per heavy atom. The van der Waals surface area contributed by atoms with Crippen LogP contribution in [0.5, 0.6) is 0 Å². The summed E-state index contributed by atoms with van der Waals surface area (Å²) in [5.74, 6) is 0. The number of likely N-dealkylation sites (tertiary alicyclic amines) is 1. The van der Waals surface area contributed by atoms with E-state index in [1.54, 1.807) is 0 Å². The molecule has 0 radical (unpaired) electrons. The maximum Gasteiger partial charge on any atom is 0.116 e. The second-order valence-corrected chi connectivity index (χ2v) is 13.7. The molecule has 8 nitrogen and oxygen atoms in total. The molecule has 220 valence electrons. The molecule has 0 aliphatic carbocycles. The average molecular weight is 632 g/mol. The number of fused-ring (bicyclic) bond motifs is 1. The van der Waals surface area contributed by atoms with Gasteiger partial charge in [-0.05, 0) is 62.8 Å². The van der Waals surface area contributed by atoms with Crippen LogP contribution < -0.4 is 10.6 Å². The van der Waals surface area contributed by atoms with E-state index in [9.17, 15) is 5.26 Å². The van der Waals surface area contributed by atoms with Gasteiger partial charge in [-0.25, -0.2) is 4.68 Å². The van der Waals surface area contributed by atoms with Crippen molar-refractivity contribution in [2.45, 2.75) is 51.2 Å². The number of benzene rings is 2. The number of nitrogens with zero attached hydrogens (tertiary/aromatic N) is 6. The first-order valence-corrected chi connectivity index (χ1v) is 15.9. The molecule has 5 aromatic rings. The second-order valence-electron chi connectivity index (χ2n) is 11.7. The molecule has 11 heteroatoms. The van der Waals surface area contributed by atoms with Gasteiger partial charge in [0, 0.05) is 35.9 Å². The highest BCUT2D eigenvalue weighted by molar-refractivity contribution is 7.15. The van der Waals surface area contributed by atoms with Crippen molar-refractivity contribution < 1.29 is 0 Å². The van der Waals surface area contributed by atoms with E-state index < -0.39 is 0 Å². The fourth-order valence-electron chi connectivity index (χ4n) is 5.62. The number of halogens is 2. The minimum Gasteiger partial charge on any atom is -0.373 e. The zero-order valence-corrected chi connectivity index (χ0v) is 26.5. The quantitative estimate of drug-likeness (QED) is 0.186. The zero-order valence-electron chi connectivity index (χ0n) is 24.2. The Balaban J connectivity index is 1.35. The van der Waals surface area contributed by atoms with E-state index in [2.05, 4.69) is 76.0 Å². The van der Waals surface area contributed by atoms with Crippen LogP contribution in [-0.2, 0) is 0 Å². The summed E-state index contributed by atoms with van der Waals surface area (Å²) in [6.07, 6.45) is 5.65. The summed E-state index contributed by atoms with van der Waals surface area (Å²) in [5.41, 5.74) is 5.08. The van der Waals surface area contributed by atoms with Crippen molar-refractivity contribution >= 4 is 62.5 Å². The maximum atomic E-state index is 9.89. The Kier molecular flexibility index (Phi) is 8.29. The Morgan fingerprint density at radius 2 is 1.86 bits per heavy atom. The molecule has 1 fully saturated rings. The van der Waals surface area contributed by atoms with Crippen LogP contribution in [0.3, 0.4) is 0 Å². The molecule has 0 spiro atoms. The summed E-state index contributed by atoms with van der Waals surface area (Å²) in [5, 5.41) is 29.2. The van der Waals surface area contributed by atoms with Crippen LogP contribution in [0.2, 0.25) is 9.36 Å². The number of hydrogen-bond donors (Lipinski definition) is 2. The number of thiophene rings is 1. The van der Waals surface area contributed by atoms with Crippen LogP contribution in [-0.4, -0.2) is 43.5 Å². The summed E-state index contributed by atoms with van der Waals surface area (Å²) in [4.78, 5) is 7.02. The smallest absolute Gasteiger partial charge is 0.116 e. The third-order valence-corrected chi connectivity index (χ3v) is 9.44. The molecule has 6 rings (SSSR count). The van der Waals surface area contributed by atoms with E-state index in [0.29, 0.717) is 37.6 Å². The fraction of sp³-hybridized carbons (Fsp3) is 0.312. The molecule has 0 amide bonds. The molecule has 1 aliphatic rings. The molecule has 0 bridgehead atoms. The van der Waals surface area contributed by atoms with Crippen molar-refractivity contribution in [1.82, 2.24) is 24.9 Å². The normalized spacial score (nSPS) is 15.3. The first kappa shape index (κ1) is 29.4. The highest BCUT2D eigenvalue weighted by Crippen LogP contribution is 2.39. The molecular formula is C32H32Cl2N8S. The standard InChI is InChI=1S/C32H32Cl2N8S/c1-32(2,3)41-12-9-23(10-13-41)42-19-27(39-40-42)29(20-7-5-4-6-8-20)37-22-15-24-28(38-26-11-14-43-31(26)34)21(17-35)18-36-30(24)25(33)16-22/h4-8,11,14-16,18-19,23,29,37H,9-10,12-13H2,1-3H3,(H,36,38)/t29-/m0/s1. The predicted octanol–water partition coefficient (Wildman–Crippen LogP) is 8.45. The highest BCUT2D eigenvalue weighted by Gasteiger charge is 2.29. The minimum absolute atomic E-state index is 0.164. The van der Waals surface area contributed by atoms with E-state index in [4.69, 9.17) is 23.2 Å². The molecular weight excluding hydrogens is 599 g/mol. The predicted molar refractivity (Wildman–Crippen MR) is 176 cm³/mol. The molecule has 3 aromatic heterocycles. The molecule has 1 atom stereocenters. The van der Waals surface area contributed by atoms with Crippen LogP contribution in [0.15, 0.2) is 66.3 Å². The number of nitriles is 1. The maximum absolute atomic E-state index is 9.89. The number of hydrogen-bond acceptors (Lipinski definition) is 8. The van der Waals surface area contributed by atoms with Crippen LogP contribution in [0, 0.1) is 11.3 Å². The number of piperidine rings is 1.